The van der Waals surface area contributed by atoms with Gasteiger partial charge in [0.05, 0.1) is 27.2 Å². The van der Waals surface area contributed by atoms with Crippen LogP contribution in [0.25, 0.3) is 0 Å². The van der Waals surface area contributed by atoms with Crippen LogP contribution in [0.2, 0.25) is 0 Å². The molecule has 0 aromatic heterocycles. The van der Waals surface area contributed by atoms with Gasteiger partial charge in [0.2, 0.25) is 5.91 Å². The van der Waals surface area contributed by atoms with Crippen molar-refractivity contribution in [2.45, 2.75) is 31.7 Å². The number of nitrogens with zero attached hydrogens (tertiary/aromatic N) is 1. The molecule has 1 N–H and O–H groups in total. The summed E-state index contributed by atoms with van der Waals surface area (Å²) in [5.74, 6) is -0.714. The van der Waals surface area contributed by atoms with Crippen LogP contribution in [0.3, 0.4) is 0 Å². The van der Waals surface area contributed by atoms with E-state index in [1.807, 2.05) is 4.90 Å². The quantitative estimate of drug-likeness (QED) is 0.740. The Morgan fingerprint density at radius 2 is 1.95 bits per heavy atom. The molecule has 1 saturated heterocycles. The van der Waals surface area contributed by atoms with E-state index in [2.05, 4.69) is 14.8 Å². The smallest absolute Gasteiger partial charge is 0.413 e. The summed E-state index contributed by atoms with van der Waals surface area (Å²) in [5, 5.41) is 2.11. The van der Waals surface area contributed by atoms with Gasteiger partial charge in [0.1, 0.15) is 0 Å². The van der Waals surface area contributed by atoms with E-state index in [0.29, 0.717) is 0 Å². The van der Waals surface area contributed by atoms with Crippen molar-refractivity contribution in [3.8, 4) is 0 Å². The summed E-state index contributed by atoms with van der Waals surface area (Å²) in [6, 6.07) is -0.00963. The topological polar surface area (TPSA) is 84.9 Å². The lowest BCUT2D eigenvalue weighted by atomic mass is 9.99. The number of carbonyl (C=O) groups is 3. The van der Waals surface area contributed by atoms with E-state index in [1.165, 1.54) is 14.2 Å². The van der Waals surface area contributed by atoms with Gasteiger partial charge in [0.25, 0.3) is 0 Å². The molecule has 7 nitrogen and oxygen atoms in total. The highest BCUT2D eigenvalue weighted by atomic mass is 16.5. The normalized spacial score (nSPS) is 19.6. The molecule has 2 amide bonds. The molecule has 0 radical (unpaired) electrons. The van der Waals surface area contributed by atoms with E-state index < -0.39 is 12.0 Å². The Balaban J connectivity index is 2.50. The van der Waals surface area contributed by atoms with Gasteiger partial charge in [-0.25, -0.2) is 4.79 Å². The SMILES string of the molecule is COC(=O)CC1CCCCN1CC(=O)NC(=O)OC. The molecule has 1 unspecified atom stereocenters. The minimum absolute atomic E-state index is 0.00963. The number of rotatable bonds is 4. The minimum atomic E-state index is -0.772. The molecule has 0 saturated carbocycles. The average molecular weight is 272 g/mol. The van der Waals surface area contributed by atoms with Crippen molar-refractivity contribution in [2.75, 3.05) is 27.3 Å². The molecule has 7 heteroatoms. The molecule has 1 heterocycles. The number of likely N-dealkylation sites (tertiary alicyclic amines) is 1. The number of alkyl carbamates (subject to hydrolysis) is 1. The third-order valence-corrected chi connectivity index (χ3v) is 3.15. The lowest BCUT2D eigenvalue weighted by molar-refractivity contribution is -0.143. The summed E-state index contributed by atoms with van der Waals surface area (Å²) in [4.78, 5) is 35.7. The number of esters is 1. The average Bonchev–Trinajstić information content (AvgIpc) is 2.40. The number of hydrogen-bond acceptors (Lipinski definition) is 6. The van der Waals surface area contributed by atoms with Crippen LogP contribution in [-0.2, 0) is 19.1 Å². The summed E-state index contributed by atoms with van der Waals surface area (Å²) in [5.41, 5.74) is 0. The molecule has 19 heavy (non-hydrogen) atoms. The van der Waals surface area contributed by atoms with Crippen molar-refractivity contribution in [2.24, 2.45) is 0 Å². The van der Waals surface area contributed by atoms with E-state index in [0.717, 1.165) is 25.8 Å². The van der Waals surface area contributed by atoms with Crippen LogP contribution in [0.5, 0.6) is 0 Å². The van der Waals surface area contributed by atoms with Gasteiger partial charge in [-0.15, -0.1) is 0 Å². The van der Waals surface area contributed by atoms with Crippen molar-refractivity contribution in [1.29, 1.82) is 0 Å². The maximum absolute atomic E-state index is 11.6. The van der Waals surface area contributed by atoms with E-state index >= 15 is 0 Å². The van der Waals surface area contributed by atoms with Crippen LogP contribution < -0.4 is 5.32 Å². The second-order valence-corrected chi connectivity index (χ2v) is 4.44. The first-order valence-corrected chi connectivity index (χ1v) is 6.25. The highest BCUT2D eigenvalue weighted by molar-refractivity contribution is 5.92. The molecule has 1 aliphatic rings. The Hall–Kier alpha value is -1.63. The zero-order valence-electron chi connectivity index (χ0n) is 11.3. The first kappa shape index (κ1) is 15.4. The van der Waals surface area contributed by atoms with Crippen LogP contribution in [0, 0.1) is 0 Å². The molecule has 0 aromatic carbocycles. The molecule has 0 aliphatic carbocycles. The Morgan fingerprint density at radius 3 is 2.58 bits per heavy atom. The van der Waals surface area contributed by atoms with Crippen molar-refractivity contribution in [1.82, 2.24) is 10.2 Å². The van der Waals surface area contributed by atoms with E-state index in [9.17, 15) is 14.4 Å². The van der Waals surface area contributed by atoms with Gasteiger partial charge >= 0.3 is 12.1 Å². The van der Waals surface area contributed by atoms with Gasteiger partial charge < -0.3 is 9.47 Å². The fourth-order valence-corrected chi connectivity index (χ4v) is 2.16. The summed E-state index contributed by atoms with van der Waals surface area (Å²) >= 11 is 0. The zero-order valence-corrected chi connectivity index (χ0v) is 11.3. The van der Waals surface area contributed by atoms with Crippen molar-refractivity contribution >= 4 is 18.0 Å². The number of carbonyl (C=O) groups excluding carboxylic acids is 3. The fourth-order valence-electron chi connectivity index (χ4n) is 2.16. The Kier molecular flexibility index (Phi) is 6.27. The molecule has 108 valence electrons. The molecular weight excluding hydrogens is 252 g/mol. The highest BCUT2D eigenvalue weighted by Gasteiger charge is 2.27. The standard InChI is InChI=1S/C12H20N2O5/c1-18-11(16)7-9-5-3-4-6-14(9)8-10(15)13-12(17)19-2/h9H,3-8H2,1-2H3,(H,13,15,17). The van der Waals surface area contributed by atoms with E-state index in [-0.39, 0.29) is 25.0 Å². The summed E-state index contributed by atoms with van der Waals surface area (Å²) in [6.07, 6.45) is 2.34. The largest absolute Gasteiger partial charge is 0.469 e. The summed E-state index contributed by atoms with van der Waals surface area (Å²) in [6.45, 7) is 0.813. The monoisotopic (exact) mass is 272 g/mol. The molecular formula is C12H20N2O5. The van der Waals surface area contributed by atoms with Crippen LogP contribution in [-0.4, -0.2) is 56.2 Å². The van der Waals surface area contributed by atoms with Crippen LogP contribution in [0.4, 0.5) is 4.79 Å². The minimum Gasteiger partial charge on any atom is -0.469 e. The van der Waals surface area contributed by atoms with Crippen LogP contribution in [0.1, 0.15) is 25.7 Å². The third kappa shape index (κ3) is 5.25. The van der Waals surface area contributed by atoms with Crippen LogP contribution >= 0.6 is 0 Å². The van der Waals surface area contributed by atoms with Gasteiger partial charge in [0, 0.05) is 6.04 Å². The highest BCUT2D eigenvalue weighted by Crippen LogP contribution is 2.19. The number of hydrogen-bond donors (Lipinski definition) is 1. The number of piperidine rings is 1. The van der Waals surface area contributed by atoms with E-state index in [1.54, 1.807) is 0 Å². The molecule has 1 rings (SSSR count). The van der Waals surface area contributed by atoms with Crippen LogP contribution in [0.15, 0.2) is 0 Å². The molecule has 0 spiro atoms. The first-order chi connectivity index (χ1) is 9.06. The maximum atomic E-state index is 11.6. The third-order valence-electron chi connectivity index (χ3n) is 3.15. The summed E-state index contributed by atoms with van der Waals surface area (Å²) in [7, 11) is 2.54. The van der Waals surface area contributed by atoms with Gasteiger partial charge in [-0.2, -0.15) is 0 Å². The molecule has 1 fully saturated rings. The molecule has 0 bridgehead atoms. The van der Waals surface area contributed by atoms with Crippen molar-refractivity contribution in [3.63, 3.8) is 0 Å². The fraction of sp³-hybridized carbons (Fsp3) is 0.750. The number of nitrogens with one attached hydrogen (secondary N) is 1. The van der Waals surface area contributed by atoms with Crippen molar-refractivity contribution < 1.29 is 23.9 Å². The Labute approximate surface area is 112 Å². The molecule has 1 aliphatic heterocycles. The van der Waals surface area contributed by atoms with Gasteiger partial charge in [-0.05, 0) is 19.4 Å². The molecule has 0 aromatic rings. The second-order valence-electron chi connectivity index (χ2n) is 4.44. The summed E-state index contributed by atoms with van der Waals surface area (Å²) < 4.78 is 9.00. The van der Waals surface area contributed by atoms with Crippen molar-refractivity contribution in [3.05, 3.63) is 0 Å². The van der Waals surface area contributed by atoms with E-state index in [4.69, 9.17) is 0 Å². The Morgan fingerprint density at radius 1 is 1.21 bits per heavy atom. The first-order valence-electron chi connectivity index (χ1n) is 6.25. The lowest BCUT2D eigenvalue weighted by Crippen LogP contribution is -2.47. The molecule has 1 atom stereocenters. The lowest BCUT2D eigenvalue weighted by Gasteiger charge is -2.34. The predicted molar refractivity (Wildman–Crippen MR) is 66.4 cm³/mol. The van der Waals surface area contributed by atoms with Gasteiger partial charge in [0.15, 0.2) is 0 Å². The number of imide groups is 1. The van der Waals surface area contributed by atoms with Gasteiger partial charge in [-0.1, -0.05) is 6.42 Å². The predicted octanol–water partition coefficient (Wildman–Crippen LogP) is 0.287. The number of methoxy groups -OCH3 is 2. The maximum Gasteiger partial charge on any atom is 0.413 e. The number of amides is 2. The van der Waals surface area contributed by atoms with Gasteiger partial charge in [-0.3, -0.25) is 19.8 Å². The number of ether oxygens (including phenoxy) is 2. The Bertz CT molecular complexity index is 345. The zero-order chi connectivity index (χ0) is 14.3. The second kappa shape index (κ2) is 7.73.